The third kappa shape index (κ3) is 4.76. The second-order valence-corrected chi connectivity index (χ2v) is 8.89. The molecule has 0 atom stereocenters. The van der Waals surface area contributed by atoms with Crippen LogP contribution in [0.4, 0.5) is 0 Å². The van der Waals surface area contributed by atoms with Crippen molar-refractivity contribution < 1.29 is 5.11 Å². The van der Waals surface area contributed by atoms with Crippen LogP contribution in [0.1, 0.15) is 119 Å². The molecule has 1 N–H and O–H groups in total. The third-order valence-electron chi connectivity index (χ3n) is 5.30. The van der Waals surface area contributed by atoms with Crippen LogP contribution >= 0.6 is 0 Å². The van der Waals surface area contributed by atoms with Crippen LogP contribution in [0.15, 0.2) is 36.4 Å². The molecule has 142 valence electrons. The quantitative estimate of drug-likeness (QED) is 0.580. The highest BCUT2D eigenvalue weighted by Crippen LogP contribution is 2.32. The zero-order chi connectivity index (χ0) is 19.6. The van der Waals surface area contributed by atoms with Gasteiger partial charge in [-0.15, -0.1) is 0 Å². The predicted octanol–water partition coefficient (Wildman–Crippen LogP) is 7.26. The smallest absolute Gasteiger partial charge is 0.104 e. The summed E-state index contributed by atoms with van der Waals surface area (Å²) >= 11 is 0. The summed E-state index contributed by atoms with van der Waals surface area (Å²) in [6.45, 7) is 17.7. The minimum Gasteiger partial charge on any atom is -0.384 e. The molecule has 0 aliphatic heterocycles. The molecule has 1 heteroatoms. The van der Waals surface area contributed by atoms with Crippen LogP contribution in [-0.2, 0) is 0 Å². The van der Waals surface area contributed by atoms with Gasteiger partial charge in [-0.2, -0.15) is 0 Å². The highest BCUT2D eigenvalue weighted by molar-refractivity contribution is 5.42. The van der Waals surface area contributed by atoms with Gasteiger partial charge in [-0.05, 0) is 57.1 Å². The van der Waals surface area contributed by atoms with Crippen molar-refractivity contribution in [3.05, 3.63) is 69.8 Å². The van der Waals surface area contributed by atoms with E-state index in [1.807, 2.05) is 0 Å². The molecule has 1 nitrogen and oxygen atoms in total. The van der Waals surface area contributed by atoms with Gasteiger partial charge in [0.1, 0.15) is 6.10 Å². The maximum Gasteiger partial charge on any atom is 0.104 e. The fourth-order valence-corrected chi connectivity index (χ4v) is 3.25. The van der Waals surface area contributed by atoms with Crippen molar-refractivity contribution in [3.63, 3.8) is 0 Å². The molecule has 2 aromatic rings. The van der Waals surface area contributed by atoms with Gasteiger partial charge in [-0.25, -0.2) is 0 Å². The Kier molecular flexibility index (Phi) is 6.69. The fraction of sp³-hybridized carbons (Fsp3) is 0.520. The lowest BCUT2D eigenvalue weighted by molar-refractivity contribution is 0.220. The van der Waals surface area contributed by atoms with E-state index in [4.69, 9.17) is 0 Å². The number of hydrogen-bond acceptors (Lipinski definition) is 1. The molecule has 0 unspecified atom stereocenters. The topological polar surface area (TPSA) is 20.2 Å². The van der Waals surface area contributed by atoms with Crippen molar-refractivity contribution in [1.29, 1.82) is 0 Å². The Morgan fingerprint density at radius 3 is 0.808 bits per heavy atom. The van der Waals surface area contributed by atoms with E-state index in [0.717, 1.165) is 11.1 Å². The second-order valence-electron chi connectivity index (χ2n) is 8.89. The fourth-order valence-electron chi connectivity index (χ4n) is 3.25. The maximum absolute atomic E-state index is 11.2. The van der Waals surface area contributed by atoms with Crippen molar-refractivity contribution >= 4 is 0 Å². The van der Waals surface area contributed by atoms with Crippen LogP contribution in [0.2, 0.25) is 0 Å². The number of rotatable bonds is 6. The van der Waals surface area contributed by atoms with Gasteiger partial charge in [0.15, 0.2) is 0 Å². The number of aliphatic hydroxyl groups is 1. The highest BCUT2D eigenvalue weighted by atomic mass is 16.3. The number of aliphatic hydroxyl groups excluding tert-OH is 1. The first-order chi connectivity index (χ1) is 12.1. The Morgan fingerprint density at radius 2 is 0.615 bits per heavy atom. The van der Waals surface area contributed by atoms with Gasteiger partial charge in [0, 0.05) is 0 Å². The summed E-state index contributed by atoms with van der Waals surface area (Å²) in [4.78, 5) is 0. The Morgan fingerprint density at radius 1 is 0.423 bits per heavy atom. The summed E-state index contributed by atoms with van der Waals surface area (Å²) in [7, 11) is 0. The summed E-state index contributed by atoms with van der Waals surface area (Å²) in [5, 5.41) is 11.2. The van der Waals surface area contributed by atoms with Crippen LogP contribution in [0, 0.1) is 0 Å². The lowest BCUT2D eigenvalue weighted by atomic mass is 9.87. The average Bonchev–Trinajstić information content (AvgIpc) is 2.59. The van der Waals surface area contributed by atoms with Crippen molar-refractivity contribution in [2.75, 3.05) is 0 Å². The summed E-state index contributed by atoms with van der Waals surface area (Å²) < 4.78 is 0. The molecule has 0 heterocycles. The van der Waals surface area contributed by atoms with E-state index in [-0.39, 0.29) is 0 Å². The Labute approximate surface area is 160 Å². The van der Waals surface area contributed by atoms with Gasteiger partial charge in [-0.1, -0.05) is 91.8 Å². The summed E-state index contributed by atoms with van der Waals surface area (Å²) in [6.07, 6.45) is -0.581. The van der Waals surface area contributed by atoms with Crippen LogP contribution in [0.3, 0.4) is 0 Å². The van der Waals surface area contributed by atoms with Gasteiger partial charge in [0.05, 0.1) is 0 Å². The molecular weight excluding hydrogens is 316 g/mol. The van der Waals surface area contributed by atoms with E-state index in [2.05, 4.69) is 91.8 Å². The van der Waals surface area contributed by atoms with Gasteiger partial charge in [-0.3, -0.25) is 0 Å². The molecule has 0 aromatic heterocycles. The van der Waals surface area contributed by atoms with Crippen molar-refractivity contribution in [1.82, 2.24) is 0 Å². The standard InChI is InChI=1S/C25H36O/c1-15(2)19-9-20(16(3)4)12-23(11-19)25(26)24-13-21(17(5)6)10-22(14-24)18(7)8/h9-18,25-26H,1-8H3. The summed E-state index contributed by atoms with van der Waals surface area (Å²) in [5.41, 5.74) is 7.22. The molecule has 0 aliphatic carbocycles. The molecule has 0 bridgehead atoms. The number of benzene rings is 2. The number of hydrogen-bond donors (Lipinski definition) is 1. The van der Waals surface area contributed by atoms with Gasteiger partial charge >= 0.3 is 0 Å². The van der Waals surface area contributed by atoms with Crippen LogP contribution in [0.5, 0.6) is 0 Å². The van der Waals surface area contributed by atoms with Gasteiger partial charge < -0.3 is 5.11 Å². The Hall–Kier alpha value is -1.60. The normalized spacial score (nSPS) is 12.2. The minimum atomic E-state index is -0.581. The van der Waals surface area contributed by atoms with E-state index in [0.29, 0.717) is 23.7 Å². The molecule has 0 saturated carbocycles. The maximum atomic E-state index is 11.2. The molecule has 0 saturated heterocycles. The van der Waals surface area contributed by atoms with Gasteiger partial charge in [0.2, 0.25) is 0 Å². The summed E-state index contributed by atoms with van der Waals surface area (Å²) in [6, 6.07) is 13.3. The van der Waals surface area contributed by atoms with Crippen molar-refractivity contribution in [2.24, 2.45) is 0 Å². The predicted molar refractivity (Wildman–Crippen MR) is 113 cm³/mol. The van der Waals surface area contributed by atoms with Crippen LogP contribution < -0.4 is 0 Å². The monoisotopic (exact) mass is 352 g/mol. The molecule has 0 fully saturated rings. The zero-order valence-electron chi connectivity index (χ0n) is 17.8. The van der Waals surface area contributed by atoms with Crippen LogP contribution in [0.25, 0.3) is 0 Å². The first-order valence-electron chi connectivity index (χ1n) is 10.1. The minimum absolute atomic E-state index is 0.452. The van der Waals surface area contributed by atoms with E-state index in [1.165, 1.54) is 22.3 Å². The molecule has 0 aliphatic rings. The Bertz CT molecular complexity index is 622. The molecule has 0 radical (unpaired) electrons. The van der Waals surface area contributed by atoms with E-state index < -0.39 is 6.10 Å². The van der Waals surface area contributed by atoms with Crippen LogP contribution in [-0.4, -0.2) is 5.11 Å². The molecule has 0 spiro atoms. The van der Waals surface area contributed by atoms with E-state index in [1.54, 1.807) is 0 Å². The molecule has 2 rings (SSSR count). The van der Waals surface area contributed by atoms with Gasteiger partial charge in [0.25, 0.3) is 0 Å². The summed E-state index contributed by atoms with van der Waals surface area (Å²) in [5.74, 6) is 1.81. The molecular formula is C25H36O. The molecule has 0 amide bonds. The Balaban J connectivity index is 2.56. The van der Waals surface area contributed by atoms with Crippen molar-refractivity contribution in [3.8, 4) is 0 Å². The average molecular weight is 353 g/mol. The highest BCUT2D eigenvalue weighted by Gasteiger charge is 2.17. The second kappa shape index (κ2) is 8.39. The third-order valence-corrected chi connectivity index (χ3v) is 5.30. The molecule has 26 heavy (non-hydrogen) atoms. The zero-order valence-corrected chi connectivity index (χ0v) is 17.8. The van der Waals surface area contributed by atoms with E-state index in [9.17, 15) is 5.11 Å². The lowest BCUT2D eigenvalue weighted by Gasteiger charge is -2.21. The van der Waals surface area contributed by atoms with E-state index >= 15 is 0 Å². The largest absolute Gasteiger partial charge is 0.384 e. The lowest BCUT2D eigenvalue weighted by Crippen LogP contribution is -2.06. The first-order valence-corrected chi connectivity index (χ1v) is 10.1. The molecule has 2 aromatic carbocycles. The SMILES string of the molecule is CC(C)c1cc(C(C)C)cc(C(O)c2cc(C(C)C)cc(C(C)C)c2)c1. The first kappa shape index (κ1) is 20.7. The van der Waals surface area contributed by atoms with Crippen molar-refractivity contribution in [2.45, 2.75) is 85.2 Å².